The van der Waals surface area contributed by atoms with Crippen LogP contribution in [0.5, 0.6) is 0 Å². The molecule has 0 radical (unpaired) electrons. The predicted molar refractivity (Wildman–Crippen MR) is 78.9 cm³/mol. The summed E-state index contributed by atoms with van der Waals surface area (Å²) >= 11 is 0. The third kappa shape index (κ3) is 2.11. The zero-order valence-electron chi connectivity index (χ0n) is 10.9. The van der Waals surface area contributed by atoms with E-state index in [9.17, 15) is 13.2 Å². The molecule has 2 aromatic carbocycles. The normalized spacial score (nSPS) is 15.8. The first-order chi connectivity index (χ1) is 10.0. The summed E-state index contributed by atoms with van der Waals surface area (Å²) in [7, 11) is -3.95. The third-order valence-corrected chi connectivity index (χ3v) is 4.90. The van der Waals surface area contributed by atoms with Crippen LogP contribution in [0.1, 0.15) is 0 Å². The summed E-state index contributed by atoms with van der Waals surface area (Å²) < 4.78 is 27.4. The van der Waals surface area contributed by atoms with Crippen LogP contribution < -0.4 is 8.61 Å². The Bertz CT molecular complexity index is 790. The molecule has 108 valence electrons. The molecule has 1 aliphatic heterocycles. The Morgan fingerprint density at radius 2 is 1.52 bits per heavy atom. The molecule has 21 heavy (non-hydrogen) atoms. The van der Waals surface area contributed by atoms with E-state index in [0.717, 1.165) is 8.61 Å². The molecule has 0 saturated heterocycles. The topological polar surface area (TPSA) is 77.9 Å². The van der Waals surface area contributed by atoms with Crippen LogP contribution in [0.15, 0.2) is 54.6 Å². The van der Waals surface area contributed by atoms with Gasteiger partial charge in [-0.25, -0.2) is 8.61 Å². The lowest BCUT2D eigenvalue weighted by Gasteiger charge is -2.20. The maximum absolute atomic E-state index is 12.7. The monoisotopic (exact) mass is 304 g/mol. The number of aliphatic carboxylic acids is 1. The second kappa shape index (κ2) is 4.78. The fourth-order valence-corrected chi connectivity index (χ4v) is 3.98. The first-order valence-corrected chi connectivity index (χ1v) is 7.60. The van der Waals surface area contributed by atoms with Gasteiger partial charge in [-0.1, -0.05) is 30.3 Å². The van der Waals surface area contributed by atoms with Crippen molar-refractivity contribution >= 4 is 33.2 Å². The molecular formula is C14H12N2O4S. The maximum atomic E-state index is 12.7. The molecule has 0 saturated carbocycles. The van der Waals surface area contributed by atoms with Gasteiger partial charge in [-0.2, -0.15) is 8.42 Å². The van der Waals surface area contributed by atoms with Crippen molar-refractivity contribution in [2.45, 2.75) is 0 Å². The molecule has 0 fully saturated rings. The SMILES string of the molecule is O=C(O)CN1c2ccccc2N(c2ccccc2)S1(=O)=O. The standard InChI is InChI=1S/C14H12N2O4S/c17-14(18)10-15-12-8-4-5-9-13(12)16(21(15,19)20)11-6-2-1-3-7-11/h1-9H,10H2,(H,17,18). The first-order valence-electron chi connectivity index (χ1n) is 6.20. The highest BCUT2D eigenvalue weighted by Gasteiger charge is 2.41. The summed E-state index contributed by atoms with van der Waals surface area (Å²) in [5.74, 6) is -1.21. The van der Waals surface area contributed by atoms with Crippen molar-refractivity contribution in [3.05, 3.63) is 54.6 Å². The molecule has 0 amide bonds. The van der Waals surface area contributed by atoms with E-state index in [1.807, 2.05) is 0 Å². The van der Waals surface area contributed by atoms with Crippen molar-refractivity contribution in [3.63, 3.8) is 0 Å². The Morgan fingerprint density at radius 3 is 2.14 bits per heavy atom. The van der Waals surface area contributed by atoms with E-state index < -0.39 is 22.7 Å². The molecule has 1 N–H and O–H groups in total. The van der Waals surface area contributed by atoms with E-state index in [0.29, 0.717) is 17.1 Å². The summed E-state index contributed by atoms with van der Waals surface area (Å²) in [6, 6.07) is 15.2. The van der Waals surface area contributed by atoms with Crippen LogP contribution in [0, 0.1) is 0 Å². The lowest BCUT2D eigenvalue weighted by atomic mass is 10.2. The molecule has 6 nitrogen and oxygen atoms in total. The number of hydrogen-bond acceptors (Lipinski definition) is 3. The summed E-state index contributed by atoms with van der Waals surface area (Å²) in [6.07, 6.45) is 0. The van der Waals surface area contributed by atoms with Gasteiger partial charge in [0.15, 0.2) is 0 Å². The van der Waals surface area contributed by atoms with Gasteiger partial charge in [0, 0.05) is 0 Å². The molecule has 1 heterocycles. The number of carbonyl (C=O) groups is 1. The number of anilines is 3. The molecule has 0 unspecified atom stereocenters. The predicted octanol–water partition coefficient (Wildman–Crippen LogP) is 1.97. The third-order valence-electron chi connectivity index (χ3n) is 3.15. The van der Waals surface area contributed by atoms with Crippen molar-refractivity contribution in [1.29, 1.82) is 0 Å². The van der Waals surface area contributed by atoms with Gasteiger partial charge in [0.25, 0.3) is 0 Å². The van der Waals surface area contributed by atoms with Gasteiger partial charge in [0.05, 0.1) is 17.1 Å². The number of benzene rings is 2. The summed E-state index contributed by atoms with van der Waals surface area (Å²) in [5, 5.41) is 8.96. The molecule has 0 aliphatic carbocycles. The average Bonchev–Trinajstić information content (AvgIpc) is 2.67. The number of rotatable bonds is 3. The number of carboxylic acid groups (broad SMARTS) is 1. The van der Waals surface area contributed by atoms with Crippen LogP contribution in [0.2, 0.25) is 0 Å². The lowest BCUT2D eigenvalue weighted by Crippen LogP contribution is -2.38. The Morgan fingerprint density at radius 1 is 0.952 bits per heavy atom. The van der Waals surface area contributed by atoms with Gasteiger partial charge in [-0.05, 0) is 24.3 Å². The van der Waals surface area contributed by atoms with Crippen molar-refractivity contribution in [3.8, 4) is 0 Å². The van der Waals surface area contributed by atoms with E-state index in [2.05, 4.69) is 0 Å². The molecule has 0 aromatic heterocycles. The molecule has 7 heteroatoms. The summed E-state index contributed by atoms with van der Waals surface area (Å²) in [5.41, 5.74) is 1.28. The largest absolute Gasteiger partial charge is 0.480 e. The van der Waals surface area contributed by atoms with Gasteiger partial charge in [-0.15, -0.1) is 0 Å². The molecule has 3 rings (SSSR count). The minimum absolute atomic E-state index is 0.365. The van der Waals surface area contributed by atoms with Crippen LogP contribution >= 0.6 is 0 Å². The Hall–Kier alpha value is -2.54. The second-order valence-electron chi connectivity index (χ2n) is 4.50. The minimum atomic E-state index is -3.95. The molecule has 1 aliphatic rings. The molecule has 2 aromatic rings. The van der Waals surface area contributed by atoms with Crippen LogP contribution in [-0.4, -0.2) is 26.0 Å². The van der Waals surface area contributed by atoms with E-state index in [-0.39, 0.29) is 0 Å². The van der Waals surface area contributed by atoms with Crippen LogP contribution in [-0.2, 0) is 15.0 Å². The number of carboxylic acids is 1. The lowest BCUT2D eigenvalue weighted by molar-refractivity contribution is -0.135. The van der Waals surface area contributed by atoms with Gasteiger partial charge >= 0.3 is 16.2 Å². The summed E-state index contributed by atoms with van der Waals surface area (Å²) in [4.78, 5) is 11.0. The van der Waals surface area contributed by atoms with Crippen molar-refractivity contribution in [1.82, 2.24) is 0 Å². The smallest absolute Gasteiger partial charge is 0.331 e. The van der Waals surface area contributed by atoms with Gasteiger partial charge < -0.3 is 5.11 Å². The summed E-state index contributed by atoms with van der Waals surface area (Å²) in [6.45, 7) is -0.608. The number of hydrogen-bond donors (Lipinski definition) is 1. The van der Waals surface area contributed by atoms with Crippen molar-refractivity contribution in [2.75, 3.05) is 15.2 Å². The van der Waals surface area contributed by atoms with E-state index in [1.165, 1.54) is 0 Å². The molecule has 0 spiro atoms. The zero-order valence-corrected chi connectivity index (χ0v) is 11.7. The number of para-hydroxylation sites is 3. The molecule has 0 atom stereocenters. The highest BCUT2D eigenvalue weighted by atomic mass is 32.2. The Kier molecular flexibility index (Phi) is 3.06. The van der Waals surface area contributed by atoms with E-state index in [1.54, 1.807) is 54.6 Å². The zero-order chi connectivity index (χ0) is 15.0. The second-order valence-corrected chi connectivity index (χ2v) is 6.20. The van der Waals surface area contributed by atoms with E-state index in [4.69, 9.17) is 5.11 Å². The fourth-order valence-electron chi connectivity index (χ4n) is 2.32. The van der Waals surface area contributed by atoms with Crippen LogP contribution in [0.4, 0.5) is 17.1 Å². The van der Waals surface area contributed by atoms with Gasteiger partial charge in [-0.3, -0.25) is 4.79 Å². The number of fused-ring (bicyclic) bond motifs is 1. The van der Waals surface area contributed by atoms with E-state index >= 15 is 0 Å². The van der Waals surface area contributed by atoms with Crippen LogP contribution in [0.3, 0.4) is 0 Å². The quantitative estimate of drug-likeness (QED) is 0.940. The Balaban J connectivity index is 2.20. The maximum Gasteiger partial charge on any atom is 0.331 e. The van der Waals surface area contributed by atoms with Crippen molar-refractivity contribution in [2.24, 2.45) is 0 Å². The minimum Gasteiger partial charge on any atom is -0.480 e. The first kappa shape index (κ1) is 13.4. The fraction of sp³-hybridized carbons (Fsp3) is 0.0714. The van der Waals surface area contributed by atoms with Gasteiger partial charge in [0.2, 0.25) is 0 Å². The molecular weight excluding hydrogens is 292 g/mol. The molecule has 0 bridgehead atoms. The Labute approximate surface area is 122 Å². The van der Waals surface area contributed by atoms with Crippen molar-refractivity contribution < 1.29 is 18.3 Å². The average molecular weight is 304 g/mol. The van der Waals surface area contributed by atoms with Gasteiger partial charge in [0.1, 0.15) is 6.54 Å². The number of nitrogens with zero attached hydrogens (tertiary/aromatic N) is 2. The highest BCUT2D eigenvalue weighted by molar-refractivity contribution is 7.95. The highest BCUT2D eigenvalue weighted by Crippen LogP contribution is 2.44. The van der Waals surface area contributed by atoms with Crippen LogP contribution in [0.25, 0.3) is 0 Å².